The summed E-state index contributed by atoms with van der Waals surface area (Å²) in [7, 11) is 0. The second kappa shape index (κ2) is 9.22. The number of anilines is 1. The van der Waals surface area contributed by atoms with Crippen LogP contribution >= 0.6 is 0 Å². The quantitative estimate of drug-likeness (QED) is 0.405. The molecule has 1 amide bonds. The number of nitrogens with zero attached hydrogens (tertiary/aromatic N) is 1. The summed E-state index contributed by atoms with van der Waals surface area (Å²) < 4.78 is 18.8. The number of β-lactam (4-membered cyclic amide) rings is 1. The number of carbonyl (C=O) groups is 2. The Labute approximate surface area is 186 Å². The minimum atomic E-state index is -0.563. The van der Waals surface area contributed by atoms with Crippen LogP contribution in [0.3, 0.4) is 0 Å². The summed E-state index contributed by atoms with van der Waals surface area (Å²) in [6.07, 6.45) is 0.356. The maximum absolute atomic E-state index is 13.3. The number of amides is 1. The smallest absolute Gasteiger partial charge is 0.303 e. The second-order valence-electron chi connectivity index (χ2n) is 7.91. The molecule has 6 heteroatoms. The number of rotatable bonds is 7. The van der Waals surface area contributed by atoms with Crippen molar-refractivity contribution in [2.75, 3.05) is 4.90 Å². The van der Waals surface area contributed by atoms with Crippen LogP contribution < -0.4 is 4.90 Å². The Bertz CT molecular complexity index is 1080. The Morgan fingerprint density at radius 1 is 1.03 bits per heavy atom. The van der Waals surface area contributed by atoms with Crippen molar-refractivity contribution in [1.29, 1.82) is 0 Å². The normalized spacial score (nSPS) is 18.7. The van der Waals surface area contributed by atoms with Crippen molar-refractivity contribution < 1.29 is 23.8 Å². The van der Waals surface area contributed by atoms with E-state index in [9.17, 15) is 19.1 Å². The van der Waals surface area contributed by atoms with Gasteiger partial charge in [0.15, 0.2) is 0 Å². The van der Waals surface area contributed by atoms with Crippen LogP contribution in [0.4, 0.5) is 10.1 Å². The summed E-state index contributed by atoms with van der Waals surface area (Å²) in [5.74, 6) is -0.947. The minimum absolute atomic E-state index is 0.00467. The number of esters is 1. The van der Waals surface area contributed by atoms with Crippen molar-refractivity contribution in [3.8, 4) is 5.75 Å². The summed E-state index contributed by atoms with van der Waals surface area (Å²) in [6.45, 7) is 1.33. The highest BCUT2D eigenvalue weighted by molar-refractivity contribution is 6.03. The van der Waals surface area contributed by atoms with Gasteiger partial charge in [-0.25, -0.2) is 4.39 Å². The summed E-state index contributed by atoms with van der Waals surface area (Å²) in [4.78, 5) is 26.6. The van der Waals surface area contributed by atoms with E-state index < -0.39 is 12.1 Å². The average molecular weight is 433 g/mol. The molecular weight excluding hydrogens is 409 g/mol. The Balaban J connectivity index is 1.57. The predicted molar refractivity (Wildman–Crippen MR) is 118 cm³/mol. The first-order chi connectivity index (χ1) is 15.4. The summed E-state index contributed by atoms with van der Waals surface area (Å²) in [5.41, 5.74) is 2.42. The molecule has 4 rings (SSSR count). The molecule has 3 aromatic carbocycles. The number of ether oxygens (including phenoxy) is 1. The standard InChI is InChI=1S/C26H24FNO4/c1-17(29)32-24(18-7-11-20(27)12-8-18)16-15-23-25(19-9-13-22(30)14-10-19)28(26(23)31)21-5-3-2-4-6-21/h2-14,23-25,30H,15-16H2,1H3/t23?,24-,25+/m0/s1. The zero-order valence-corrected chi connectivity index (χ0v) is 17.6. The number of phenols is 1. The Morgan fingerprint density at radius 2 is 1.69 bits per heavy atom. The van der Waals surface area contributed by atoms with Crippen molar-refractivity contribution in [1.82, 2.24) is 0 Å². The molecule has 1 heterocycles. The lowest BCUT2D eigenvalue weighted by Crippen LogP contribution is -2.55. The largest absolute Gasteiger partial charge is 0.508 e. The molecule has 3 atom stereocenters. The van der Waals surface area contributed by atoms with Crippen molar-refractivity contribution in [3.05, 3.63) is 95.8 Å². The number of hydrogen-bond acceptors (Lipinski definition) is 4. The maximum atomic E-state index is 13.3. The van der Waals surface area contributed by atoms with E-state index in [1.165, 1.54) is 19.1 Å². The molecule has 1 N–H and O–H groups in total. The lowest BCUT2D eigenvalue weighted by Gasteiger charge is -2.48. The number of halogens is 1. The van der Waals surface area contributed by atoms with Gasteiger partial charge in [0, 0.05) is 12.6 Å². The van der Waals surface area contributed by atoms with Gasteiger partial charge in [-0.15, -0.1) is 0 Å². The third kappa shape index (κ3) is 4.49. The fourth-order valence-electron chi connectivity index (χ4n) is 4.26. The fourth-order valence-corrected chi connectivity index (χ4v) is 4.26. The van der Waals surface area contributed by atoms with E-state index in [0.29, 0.717) is 18.4 Å². The molecule has 0 aliphatic carbocycles. The highest BCUT2D eigenvalue weighted by atomic mass is 19.1. The molecule has 164 valence electrons. The zero-order chi connectivity index (χ0) is 22.7. The van der Waals surface area contributed by atoms with E-state index in [1.807, 2.05) is 42.5 Å². The minimum Gasteiger partial charge on any atom is -0.508 e. The van der Waals surface area contributed by atoms with E-state index in [0.717, 1.165) is 11.3 Å². The first kappa shape index (κ1) is 21.6. The lowest BCUT2D eigenvalue weighted by molar-refractivity contribution is -0.147. The molecule has 5 nitrogen and oxygen atoms in total. The highest BCUT2D eigenvalue weighted by Gasteiger charge is 2.48. The predicted octanol–water partition coefficient (Wildman–Crippen LogP) is 5.32. The van der Waals surface area contributed by atoms with E-state index in [2.05, 4.69) is 0 Å². The monoisotopic (exact) mass is 433 g/mol. The molecule has 1 saturated heterocycles. The molecule has 1 fully saturated rings. The SMILES string of the molecule is CC(=O)O[C@@H](CCC1C(=O)N(c2ccccc2)[C@@H]1c1ccc(O)cc1)c1ccc(F)cc1. The molecule has 1 aliphatic heterocycles. The van der Waals surface area contributed by atoms with E-state index >= 15 is 0 Å². The topological polar surface area (TPSA) is 66.8 Å². The molecular formula is C26H24FNO4. The highest BCUT2D eigenvalue weighted by Crippen LogP contribution is 2.46. The number of hydrogen-bond donors (Lipinski definition) is 1. The van der Waals surface area contributed by atoms with Gasteiger partial charge in [0.1, 0.15) is 17.7 Å². The van der Waals surface area contributed by atoms with E-state index in [1.54, 1.807) is 29.2 Å². The summed E-state index contributed by atoms with van der Waals surface area (Å²) in [5, 5.41) is 9.68. The summed E-state index contributed by atoms with van der Waals surface area (Å²) >= 11 is 0. The van der Waals surface area contributed by atoms with Crippen LogP contribution in [0.5, 0.6) is 5.75 Å². The first-order valence-corrected chi connectivity index (χ1v) is 10.5. The van der Waals surface area contributed by atoms with Crippen LogP contribution in [0.2, 0.25) is 0 Å². The van der Waals surface area contributed by atoms with Crippen molar-refractivity contribution in [3.63, 3.8) is 0 Å². The van der Waals surface area contributed by atoms with Gasteiger partial charge >= 0.3 is 5.97 Å². The number of para-hydroxylation sites is 1. The van der Waals surface area contributed by atoms with Crippen molar-refractivity contribution in [2.24, 2.45) is 5.92 Å². The number of aromatic hydroxyl groups is 1. The number of benzene rings is 3. The van der Waals surface area contributed by atoms with Gasteiger partial charge in [0.05, 0.1) is 12.0 Å². The van der Waals surface area contributed by atoms with Gasteiger partial charge < -0.3 is 14.7 Å². The van der Waals surface area contributed by atoms with Crippen molar-refractivity contribution >= 4 is 17.6 Å². The Morgan fingerprint density at radius 3 is 2.31 bits per heavy atom. The number of phenolic OH excluding ortho intramolecular Hbond substituents is 1. The van der Waals surface area contributed by atoms with Crippen LogP contribution in [0, 0.1) is 11.7 Å². The van der Waals surface area contributed by atoms with Crippen molar-refractivity contribution in [2.45, 2.75) is 31.9 Å². The number of carbonyl (C=O) groups excluding carboxylic acids is 2. The van der Waals surface area contributed by atoms with Crippen LogP contribution in [-0.2, 0) is 14.3 Å². The Kier molecular flexibility index (Phi) is 6.21. The molecule has 0 spiro atoms. The molecule has 0 saturated carbocycles. The van der Waals surface area contributed by atoms with Gasteiger partial charge in [-0.1, -0.05) is 42.5 Å². The van der Waals surface area contributed by atoms with E-state index in [-0.39, 0.29) is 29.4 Å². The molecule has 32 heavy (non-hydrogen) atoms. The molecule has 1 unspecified atom stereocenters. The van der Waals surface area contributed by atoms with E-state index in [4.69, 9.17) is 4.74 Å². The molecule has 0 radical (unpaired) electrons. The first-order valence-electron chi connectivity index (χ1n) is 10.5. The molecule has 0 aromatic heterocycles. The van der Waals surface area contributed by atoms with Gasteiger partial charge in [-0.3, -0.25) is 9.59 Å². The molecule has 1 aliphatic rings. The summed E-state index contributed by atoms with van der Waals surface area (Å²) in [6, 6.07) is 22.0. The average Bonchev–Trinajstić information content (AvgIpc) is 2.78. The van der Waals surface area contributed by atoms with Gasteiger partial charge in [-0.2, -0.15) is 0 Å². The van der Waals surface area contributed by atoms with Gasteiger partial charge in [0.25, 0.3) is 0 Å². The van der Waals surface area contributed by atoms with Crippen LogP contribution in [0.1, 0.15) is 43.0 Å². The Hall–Kier alpha value is -3.67. The third-order valence-electron chi connectivity index (χ3n) is 5.77. The van der Waals surface area contributed by atoms with Gasteiger partial charge in [0.2, 0.25) is 5.91 Å². The van der Waals surface area contributed by atoms with Crippen LogP contribution in [0.25, 0.3) is 0 Å². The molecule has 3 aromatic rings. The lowest BCUT2D eigenvalue weighted by atomic mass is 9.78. The fraction of sp³-hybridized carbons (Fsp3) is 0.231. The molecule has 0 bridgehead atoms. The van der Waals surface area contributed by atoms with Gasteiger partial charge in [-0.05, 0) is 60.4 Å². The van der Waals surface area contributed by atoms with Crippen LogP contribution in [0.15, 0.2) is 78.9 Å². The second-order valence-corrected chi connectivity index (χ2v) is 7.91. The maximum Gasteiger partial charge on any atom is 0.303 e. The van der Waals surface area contributed by atoms with Crippen LogP contribution in [-0.4, -0.2) is 17.0 Å². The third-order valence-corrected chi connectivity index (χ3v) is 5.77. The zero-order valence-electron chi connectivity index (χ0n) is 17.6.